The maximum atomic E-state index is 12.4. The van der Waals surface area contributed by atoms with Gasteiger partial charge >= 0.3 is 0 Å². The van der Waals surface area contributed by atoms with Crippen LogP contribution in [0.15, 0.2) is 0 Å². The molecule has 64 valence electrons. The highest BCUT2D eigenvalue weighted by atomic mass is 19.1. The van der Waals surface area contributed by atoms with Crippen molar-refractivity contribution in [3.63, 3.8) is 0 Å². The van der Waals surface area contributed by atoms with Gasteiger partial charge in [0.15, 0.2) is 6.29 Å². The van der Waals surface area contributed by atoms with E-state index in [1.54, 1.807) is 0 Å². The predicted molar refractivity (Wildman–Crippen MR) is 41.0 cm³/mol. The third kappa shape index (κ3) is 2.97. The maximum absolute atomic E-state index is 12.4. The molecule has 1 N–H and O–H groups in total. The Labute approximate surface area is 66.2 Å². The van der Waals surface area contributed by atoms with Crippen molar-refractivity contribution in [1.82, 2.24) is 5.32 Å². The molecule has 0 aromatic carbocycles. The van der Waals surface area contributed by atoms with Gasteiger partial charge in [0.05, 0.1) is 0 Å². The molecule has 0 saturated heterocycles. The van der Waals surface area contributed by atoms with Crippen molar-refractivity contribution in [3.8, 4) is 0 Å². The van der Waals surface area contributed by atoms with E-state index >= 15 is 0 Å². The fraction of sp³-hybridized carbons (Fsp3) is 0.875. The van der Waals surface area contributed by atoms with Gasteiger partial charge in [-0.15, -0.1) is 0 Å². The van der Waals surface area contributed by atoms with Crippen molar-refractivity contribution in [2.45, 2.75) is 44.4 Å². The fourth-order valence-corrected chi connectivity index (χ4v) is 1.53. The fourth-order valence-electron chi connectivity index (χ4n) is 1.53. The van der Waals surface area contributed by atoms with Gasteiger partial charge in [0.25, 0.3) is 0 Å². The van der Waals surface area contributed by atoms with Gasteiger partial charge in [0.1, 0.15) is 0 Å². The molecule has 2 nitrogen and oxygen atoms in total. The zero-order chi connectivity index (χ0) is 8.10. The Morgan fingerprint density at radius 3 is 2.55 bits per heavy atom. The van der Waals surface area contributed by atoms with Crippen LogP contribution < -0.4 is 5.32 Å². The average Bonchev–Trinajstić information content (AvgIpc) is 2.06. The highest BCUT2D eigenvalue weighted by Gasteiger charge is 2.16. The van der Waals surface area contributed by atoms with Crippen molar-refractivity contribution >= 4 is 6.29 Å². The highest BCUT2D eigenvalue weighted by molar-refractivity contribution is 5.54. The molecule has 1 fully saturated rings. The third-order valence-corrected chi connectivity index (χ3v) is 2.12. The lowest BCUT2D eigenvalue weighted by atomic mass is 9.95. The standard InChI is InChI=1S/C8H14FNO/c9-8(6-11)10-7-4-2-1-3-5-7/h6-8,10H,1-5H2. The van der Waals surface area contributed by atoms with E-state index < -0.39 is 6.30 Å². The van der Waals surface area contributed by atoms with Crippen LogP contribution in [-0.2, 0) is 4.79 Å². The van der Waals surface area contributed by atoms with Crippen LogP contribution in [0.1, 0.15) is 32.1 Å². The predicted octanol–water partition coefficient (Wildman–Crippen LogP) is 1.40. The molecule has 1 unspecified atom stereocenters. The van der Waals surface area contributed by atoms with Crippen molar-refractivity contribution in [2.75, 3.05) is 0 Å². The summed E-state index contributed by atoms with van der Waals surface area (Å²) in [5, 5.41) is 2.63. The molecule has 0 radical (unpaired) electrons. The number of nitrogens with one attached hydrogen (secondary N) is 1. The SMILES string of the molecule is O=CC(F)NC1CCCCC1. The molecule has 0 bridgehead atoms. The zero-order valence-corrected chi connectivity index (χ0v) is 6.55. The molecule has 3 heteroatoms. The Bertz CT molecular complexity index is 123. The molecule has 0 aromatic rings. The van der Waals surface area contributed by atoms with Crippen molar-refractivity contribution in [1.29, 1.82) is 0 Å². The largest absolute Gasteiger partial charge is 0.299 e. The van der Waals surface area contributed by atoms with Gasteiger partial charge in [-0.25, -0.2) is 4.39 Å². The van der Waals surface area contributed by atoms with E-state index in [-0.39, 0.29) is 6.04 Å². The summed E-state index contributed by atoms with van der Waals surface area (Å²) in [6, 6.07) is 0.226. The summed E-state index contributed by atoms with van der Waals surface area (Å²) in [4.78, 5) is 9.94. The number of carbonyl (C=O) groups excluding carboxylic acids is 1. The van der Waals surface area contributed by atoms with Gasteiger partial charge in [-0.1, -0.05) is 19.3 Å². The van der Waals surface area contributed by atoms with E-state index in [1.165, 1.54) is 6.42 Å². The van der Waals surface area contributed by atoms with Gasteiger partial charge in [0.2, 0.25) is 6.30 Å². The number of hydrogen-bond donors (Lipinski definition) is 1. The summed E-state index contributed by atoms with van der Waals surface area (Å²) in [6.07, 6.45) is 4.43. The monoisotopic (exact) mass is 159 g/mol. The molecule has 0 aliphatic heterocycles. The molecule has 0 aromatic heterocycles. The first kappa shape index (κ1) is 8.65. The molecule has 1 aliphatic rings. The van der Waals surface area contributed by atoms with Gasteiger partial charge in [-0.3, -0.25) is 10.1 Å². The molecule has 0 heterocycles. The summed E-state index contributed by atoms with van der Waals surface area (Å²) in [5.41, 5.74) is 0. The van der Waals surface area contributed by atoms with Crippen LogP contribution in [0.4, 0.5) is 4.39 Å². The minimum absolute atomic E-state index is 0.226. The van der Waals surface area contributed by atoms with E-state index in [2.05, 4.69) is 5.32 Å². The molecule has 1 atom stereocenters. The zero-order valence-electron chi connectivity index (χ0n) is 6.55. The normalized spacial score (nSPS) is 23.0. The molecular formula is C8H14FNO. The third-order valence-electron chi connectivity index (χ3n) is 2.12. The molecular weight excluding hydrogens is 145 g/mol. The minimum atomic E-state index is -1.46. The second-order valence-electron chi connectivity index (χ2n) is 3.04. The van der Waals surface area contributed by atoms with Crippen LogP contribution in [0.3, 0.4) is 0 Å². The summed E-state index contributed by atoms with van der Waals surface area (Å²) in [7, 11) is 0. The molecule has 0 spiro atoms. The van der Waals surface area contributed by atoms with E-state index in [0.717, 1.165) is 25.7 Å². The molecule has 1 aliphatic carbocycles. The van der Waals surface area contributed by atoms with Gasteiger partial charge < -0.3 is 0 Å². The van der Waals surface area contributed by atoms with Gasteiger partial charge in [-0.2, -0.15) is 0 Å². The first-order valence-corrected chi connectivity index (χ1v) is 4.18. The highest BCUT2D eigenvalue weighted by Crippen LogP contribution is 2.17. The number of halogens is 1. The Hall–Kier alpha value is -0.440. The summed E-state index contributed by atoms with van der Waals surface area (Å²) in [5.74, 6) is 0. The van der Waals surface area contributed by atoms with Crippen LogP contribution in [-0.4, -0.2) is 18.6 Å². The topological polar surface area (TPSA) is 29.1 Å². The Kier molecular flexibility index (Phi) is 3.49. The van der Waals surface area contributed by atoms with Crippen molar-refractivity contribution in [2.24, 2.45) is 0 Å². The van der Waals surface area contributed by atoms with Gasteiger partial charge in [0, 0.05) is 6.04 Å². The molecule has 11 heavy (non-hydrogen) atoms. The van der Waals surface area contributed by atoms with Crippen LogP contribution in [0, 0.1) is 0 Å². The van der Waals surface area contributed by atoms with Crippen LogP contribution >= 0.6 is 0 Å². The first-order valence-electron chi connectivity index (χ1n) is 4.18. The van der Waals surface area contributed by atoms with Gasteiger partial charge in [-0.05, 0) is 12.8 Å². The molecule has 1 saturated carbocycles. The number of alkyl halides is 1. The molecule has 1 rings (SSSR count). The Balaban J connectivity index is 2.18. The average molecular weight is 159 g/mol. The minimum Gasteiger partial charge on any atom is -0.299 e. The smallest absolute Gasteiger partial charge is 0.207 e. The lowest BCUT2D eigenvalue weighted by Gasteiger charge is -2.22. The second kappa shape index (κ2) is 4.44. The second-order valence-corrected chi connectivity index (χ2v) is 3.04. The Morgan fingerprint density at radius 1 is 1.36 bits per heavy atom. The summed E-state index contributed by atoms with van der Waals surface area (Å²) < 4.78 is 12.4. The lowest BCUT2D eigenvalue weighted by molar-refractivity contribution is -0.113. The van der Waals surface area contributed by atoms with E-state index in [9.17, 15) is 9.18 Å². The van der Waals surface area contributed by atoms with Crippen molar-refractivity contribution < 1.29 is 9.18 Å². The number of carbonyl (C=O) groups is 1. The lowest BCUT2D eigenvalue weighted by Crippen LogP contribution is -2.37. The van der Waals surface area contributed by atoms with Crippen LogP contribution in [0.2, 0.25) is 0 Å². The first-order chi connectivity index (χ1) is 5.33. The number of rotatable bonds is 3. The van der Waals surface area contributed by atoms with E-state index in [4.69, 9.17) is 0 Å². The summed E-state index contributed by atoms with van der Waals surface area (Å²) >= 11 is 0. The molecule has 0 amide bonds. The number of hydrogen-bond acceptors (Lipinski definition) is 2. The van der Waals surface area contributed by atoms with Crippen LogP contribution in [0.5, 0.6) is 0 Å². The number of aldehydes is 1. The van der Waals surface area contributed by atoms with E-state index in [0.29, 0.717) is 6.29 Å². The van der Waals surface area contributed by atoms with Crippen LogP contribution in [0.25, 0.3) is 0 Å². The Morgan fingerprint density at radius 2 is 2.00 bits per heavy atom. The maximum Gasteiger partial charge on any atom is 0.207 e. The summed E-state index contributed by atoms with van der Waals surface area (Å²) in [6.45, 7) is 0. The van der Waals surface area contributed by atoms with E-state index in [1.807, 2.05) is 0 Å². The van der Waals surface area contributed by atoms with Crippen molar-refractivity contribution in [3.05, 3.63) is 0 Å². The quantitative estimate of drug-likeness (QED) is 0.498.